The van der Waals surface area contributed by atoms with Gasteiger partial charge in [0, 0.05) is 29.7 Å². The quantitative estimate of drug-likeness (QED) is 0.736. The van der Waals surface area contributed by atoms with Gasteiger partial charge in [-0.05, 0) is 49.2 Å². The lowest BCUT2D eigenvalue weighted by molar-refractivity contribution is -0.119. The zero-order valence-corrected chi connectivity index (χ0v) is 17.5. The highest BCUT2D eigenvalue weighted by atomic mass is 35.5. The van der Waals surface area contributed by atoms with Crippen molar-refractivity contribution in [3.05, 3.63) is 47.0 Å². The Bertz CT molecular complexity index is 995. The van der Waals surface area contributed by atoms with Gasteiger partial charge in [-0.25, -0.2) is 4.99 Å². The average Bonchev–Trinajstić information content (AvgIpc) is 3.25. The van der Waals surface area contributed by atoms with Crippen LogP contribution in [0.15, 0.2) is 41.4 Å². The van der Waals surface area contributed by atoms with Crippen LogP contribution in [0.1, 0.15) is 31.2 Å². The zero-order chi connectivity index (χ0) is 20.5. The van der Waals surface area contributed by atoms with Gasteiger partial charge in [-0.1, -0.05) is 24.4 Å². The second kappa shape index (κ2) is 8.28. The van der Waals surface area contributed by atoms with E-state index in [0.717, 1.165) is 55.9 Å². The molecule has 0 radical (unpaired) electrons. The van der Waals surface area contributed by atoms with E-state index >= 15 is 0 Å². The molecule has 0 unspecified atom stereocenters. The maximum atomic E-state index is 12.6. The summed E-state index contributed by atoms with van der Waals surface area (Å²) in [5.41, 5.74) is 2.31. The number of aliphatic imine (C=N–C) groups is 1. The van der Waals surface area contributed by atoms with Gasteiger partial charge in [-0.3, -0.25) is 4.79 Å². The molecule has 2 aliphatic heterocycles. The van der Waals surface area contributed by atoms with Gasteiger partial charge in [0.15, 0.2) is 5.75 Å². The first-order valence-electron chi connectivity index (χ1n) is 10.5. The maximum Gasteiger partial charge on any atom is 0.227 e. The number of amidine groups is 1. The predicted octanol–water partition coefficient (Wildman–Crippen LogP) is 4.98. The Morgan fingerprint density at radius 3 is 2.63 bits per heavy atom. The number of halogens is 1. The normalized spacial score (nSPS) is 18.7. The Balaban J connectivity index is 1.53. The SMILES string of the molecule is O=C(Nc1ccc2c(c1)C(N1CCOCC1)=Nc1cc(Cl)ccc1O2)C1CCCC1. The summed E-state index contributed by atoms with van der Waals surface area (Å²) in [5.74, 6) is 2.39. The third-order valence-electron chi connectivity index (χ3n) is 5.89. The van der Waals surface area contributed by atoms with Crippen molar-refractivity contribution in [3.8, 4) is 11.5 Å². The summed E-state index contributed by atoms with van der Waals surface area (Å²) in [6.45, 7) is 2.78. The molecule has 0 atom stereocenters. The summed E-state index contributed by atoms with van der Waals surface area (Å²) < 4.78 is 11.7. The minimum absolute atomic E-state index is 0.0990. The molecule has 156 valence electrons. The van der Waals surface area contributed by atoms with Crippen LogP contribution >= 0.6 is 11.6 Å². The molecule has 1 aliphatic carbocycles. The standard InChI is InChI=1S/C23H24ClN3O3/c24-16-5-7-21-19(13-16)26-22(27-9-11-29-12-10-27)18-14-17(6-8-20(18)30-21)25-23(28)15-3-1-2-4-15/h5-8,13-15H,1-4,9-12H2,(H,25,28). The van der Waals surface area contributed by atoms with Crippen molar-refractivity contribution >= 4 is 34.7 Å². The van der Waals surface area contributed by atoms with E-state index < -0.39 is 0 Å². The van der Waals surface area contributed by atoms with Gasteiger partial charge >= 0.3 is 0 Å². The highest BCUT2D eigenvalue weighted by Gasteiger charge is 2.26. The third kappa shape index (κ3) is 3.89. The average molecular weight is 426 g/mol. The summed E-state index contributed by atoms with van der Waals surface area (Å²) in [6, 6.07) is 11.2. The van der Waals surface area contributed by atoms with Crippen molar-refractivity contribution in [2.75, 3.05) is 31.6 Å². The van der Waals surface area contributed by atoms with Crippen LogP contribution in [0, 0.1) is 5.92 Å². The number of amides is 1. The van der Waals surface area contributed by atoms with Gasteiger partial charge in [0.2, 0.25) is 5.91 Å². The number of fused-ring (bicyclic) bond motifs is 2. The van der Waals surface area contributed by atoms with Crippen molar-refractivity contribution in [3.63, 3.8) is 0 Å². The smallest absolute Gasteiger partial charge is 0.227 e. The number of anilines is 1. The fourth-order valence-corrected chi connectivity index (χ4v) is 4.44. The van der Waals surface area contributed by atoms with Crippen molar-refractivity contribution in [2.24, 2.45) is 10.9 Å². The molecule has 6 nitrogen and oxygen atoms in total. The second-order valence-corrected chi connectivity index (χ2v) is 8.37. The number of benzene rings is 2. The number of rotatable bonds is 2. The number of hydrogen-bond acceptors (Lipinski definition) is 5. The molecule has 1 saturated heterocycles. The highest BCUT2D eigenvalue weighted by molar-refractivity contribution is 6.31. The molecule has 0 spiro atoms. The summed E-state index contributed by atoms with van der Waals surface area (Å²) in [5, 5.41) is 3.70. The molecular weight excluding hydrogens is 402 g/mol. The molecule has 7 heteroatoms. The Labute approximate surface area is 180 Å². The van der Waals surface area contributed by atoms with Gasteiger partial charge < -0.3 is 19.7 Å². The number of hydrogen-bond donors (Lipinski definition) is 1. The number of morpholine rings is 1. The first-order chi connectivity index (χ1) is 14.7. The molecule has 0 aromatic heterocycles. The van der Waals surface area contributed by atoms with E-state index in [1.54, 1.807) is 6.07 Å². The number of nitrogens with zero attached hydrogens (tertiary/aromatic N) is 2. The van der Waals surface area contributed by atoms with Crippen LogP contribution in [0.25, 0.3) is 0 Å². The molecule has 2 fully saturated rings. The minimum atomic E-state index is 0.0990. The Hall–Kier alpha value is -2.57. The van der Waals surface area contributed by atoms with Crippen LogP contribution in [-0.4, -0.2) is 42.9 Å². The first kappa shape index (κ1) is 19.4. The summed E-state index contributed by atoms with van der Waals surface area (Å²) in [7, 11) is 0. The van der Waals surface area contributed by atoms with E-state index in [4.69, 9.17) is 26.1 Å². The lowest BCUT2D eigenvalue weighted by Crippen LogP contribution is -2.41. The van der Waals surface area contributed by atoms with Crippen LogP contribution in [0.5, 0.6) is 11.5 Å². The van der Waals surface area contributed by atoms with Crippen molar-refractivity contribution in [1.29, 1.82) is 0 Å². The Morgan fingerprint density at radius 1 is 1.07 bits per heavy atom. The fraction of sp³-hybridized carbons (Fsp3) is 0.391. The van der Waals surface area contributed by atoms with E-state index in [1.807, 2.05) is 30.3 Å². The van der Waals surface area contributed by atoms with Gasteiger partial charge in [0.05, 0.1) is 18.8 Å². The Kier molecular flexibility index (Phi) is 5.35. The Morgan fingerprint density at radius 2 is 1.83 bits per heavy atom. The molecule has 2 aromatic carbocycles. The van der Waals surface area contributed by atoms with E-state index in [0.29, 0.717) is 35.4 Å². The molecule has 2 aromatic rings. The number of carbonyl (C=O) groups is 1. The van der Waals surface area contributed by atoms with Crippen molar-refractivity contribution in [1.82, 2.24) is 4.90 Å². The van der Waals surface area contributed by atoms with E-state index in [2.05, 4.69) is 10.2 Å². The van der Waals surface area contributed by atoms with Gasteiger partial charge in [0.1, 0.15) is 17.3 Å². The molecule has 3 aliphatic rings. The number of carbonyl (C=O) groups excluding carboxylic acids is 1. The molecule has 1 N–H and O–H groups in total. The molecule has 30 heavy (non-hydrogen) atoms. The van der Waals surface area contributed by atoms with Crippen LogP contribution in [0.4, 0.5) is 11.4 Å². The largest absolute Gasteiger partial charge is 0.454 e. The molecule has 1 amide bonds. The van der Waals surface area contributed by atoms with E-state index in [9.17, 15) is 4.79 Å². The minimum Gasteiger partial charge on any atom is -0.454 e. The maximum absolute atomic E-state index is 12.6. The van der Waals surface area contributed by atoms with E-state index in [1.165, 1.54) is 0 Å². The molecule has 1 saturated carbocycles. The molecule has 0 bridgehead atoms. The molecular formula is C23H24ClN3O3. The topological polar surface area (TPSA) is 63.2 Å². The van der Waals surface area contributed by atoms with Crippen LogP contribution in [0.3, 0.4) is 0 Å². The van der Waals surface area contributed by atoms with Crippen LogP contribution in [-0.2, 0) is 9.53 Å². The lowest BCUT2D eigenvalue weighted by Gasteiger charge is -2.30. The van der Waals surface area contributed by atoms with Gasteiger partial charge in [-0.2, -0.15) is 0 Å². The second-order valence-electron chi connectivity index (χ2n) is 7.93. The van der Waals surface area contributed by atoms with Crippen LogP contribution in [0.2, 0.25) is 5.02 Å². The summed E-state index contributed by atoms with van der Waals surface area (Å²) in [6.07, 6.45) is 4.20. The lowest BCUT2D eigenvalue weighted by atomic mass is 10.1. The summed E-state index contributed by atoms with van der Waals surface area (Å²) >= 11 is 6.21. The predicted molar refractivity (Wildman–Crippen MR) is 117 cm³/mol. The molecule has 5 rings (SSSR count). The zero-order valence-electron chi connectivity index (χ0n) is 16.7. The fourth-order valence-electron chi connectivity index (χ4n) is 4.28. The highest BCUT2D eigenvalue weighted by Crippen LogP contribution is 2.40. The van der Waals surface area contributed by atoms with Crippen LogP contribution < -0.4 is 10.1 Å². The molecule has 2 heterocycles. The monoisotopic (exact) mass is 425 g/mol. The van der Waals surface area contributed by atoms with Crippen molar-refractivity contribution < 1.29 is 14.3 Å². The third-order valence-corrected chi connectivity index (χ3v) is 6.13. The van der Waals surface area contributed by atoms with Gasteiger partial charge in [0.25, 0.3) is 0 Å². The number of nitrogens with one attached hydrogen (secondary N) is 1. The van der Waals surface area contributed by atoms with Gasteiger partial charge in [-0.15, -0.1) is 0 Å². The van der Waals surface area contributed by atoms with E-state index in [-0.39, 0.29) is 11.8 Å². The summed E-state index contributed by atoms with van der Waals surface area (Å²) in [4.78, 5) is 19.8. The van der Waals surface area contributed by atoms with Crippen molar-refractivity contribution in [2.45, 2.75) is 25.7 Å². The number of ether oxygens (including phenoxy) is 2. The first-order valence-corrected chi connectivity index (χ1v) is 10.9.